The fraction of sp³-hybridized carbons (Fsp3) is 0.733. The number of rotatable bonds is 1. The molecule has 2 aliphatic heterocycles. The van der Waals surface area contributed by atoms with Gasteiger partial charge in [-0.3, -0.25) is 4.79 Å². The monoisotopic (exact) mass is 264 g/mol. The molecule has 1 aliphatic carbocycles. The minimum Gasteiger partial charge on any atom is -0.457 e. The Morgan fingerprint density at radius 1 is 1.32 bits per heavy atom. The normalized spacial score (nSPS) is 37.0. The highest BCUT2D eigenvalue weighted by Crippen LogP contribution is 2.54. The highest BCUT2D eigenvalue weighted by atomic mass is 16.6. The van der Waals surface area contributed by atoms with Crippen molar-refractivity contribution in [3.63, 3.8) is 0 Å². The molecule has 1 saturated carbocycles. The van der Waals surface area contributed by atoms with Crippen LogP contribution in [-0.4, -0.2) is 28.6 Å². The van der Waals surface area contributed by atoms with Gasteiger partial charge < -0.3 is 9.47 Å². The van der Waals surface area contributed by atoms with E-state index in [-0.39, 0.29) is 11.4 Å². The van der Waals surface area contributed by atoms with E-state index < -0.39 is 17.2 Å². The summed E-state index contributed by atoms with van der Waals surface area (Å²) < 4.78 is 11.4. The van der Waals surface area contributed by atoms with E-state index in [1.54, 1.807) is 26.8 Å². The lowest BCUT2D eigenvalue weighted by molar-refractivity contribution is -0.195. The van der Waals surface area contributed by atoms with Crippen LogP contribution in [0.4, 0.5) is 0 Å². The maximum atomic E-state index is 12.4. The first-order valence-corrected chi connectivity index (χ1v) is 6.97. The van der Waals surface area contributed by atoms with Crippen molar-refractivity contribution < 1.29 is 19.1 Å². The molecule has 2 heterocycles. The second-order valence-electron chi connectivity index (χ2n) is 6.78. The summed E-state index contributed by atoms with van der Waals surface area (Å²) in [6.07, 6.45) is 5.78. The fourth-order valence-electron chi connectivity index (χ4n) is 3.40. The van der Waals surface area contributed by atoms with Gasteiger partial charge in [-0.2, -0.15) is 0 Å². The van der Waals surface area contributed by atoms with Crippen LogP contribution in [-0.2, 0) is 19.1 Å². The number of Topliss-reactive ketones (excluding diaryl/α,β-unsaturated/α-hetero) is 1. The Morgan fingerprint density at radius 3 is 2.74 bits per heavy atom. The number of carbonyl (C=O) groups excluding carboxylic acids is 2. The van der Waals surface area contributed by atoms with Crippen molar-refractivity contribution in [2.45, 2.75) is 69.7 Å². The Labute approximate surface area is 113 Å². The van der Waals surface area contributed by atoms with E-state index in [0.717, 1.165) is 24.8 Å². The lowest BCUT2D eigenvalue weighted by Gasteiger charge is -2.38. The van der Waals surface area contributed by atoms with E-state index in [1.807, 2.05) is 0 Å². The second-order valence-corrected chi connectivity index (χ2v) is 6.78. The molecule has 0 unspecified atom stereocenters. The third-order valence-corrected chi connectivity index (χ3v) is 4.22. The van der Waals surface area contributed by atoms with E-state index in [1.165, 1.54) is 0 Å². The lowest BCUT2D eigenvalue weighted by atomic mass is 9.88. The zero-order chi connectivity index (χ0) is 13.9. The molecule has 0 N–H and O–H groups in total. The maximum Gasteiger partial charge on any atom is 0.350 e. The summed E-state index contributed by atoms with van der Waals surface area (Å²) in [7, 11) is 0. The van der Waals surface area contributed by atoms with Gasteiger partial charge in [0.1, 0.15) is 5.60 Å². The summed E-state index contributed by atoms with van der Waals surface area (Å²) in [5.41, 5.74) is -1.30. The van der Waals surface area contributed by atoms with Crippen molar-refractivity contribution in [2.24, 2.45) is 0 Å². The first-order valence-electron chi connectivity index (χ1n) is 6.97. The van der Waals surface area contributed by atoms with Gasteiger partial charge in [0, 0.05) is 6.42 Å². The largest absolute Gasteiger partial charge is 0.457 e. The molecule has 0 amide bonds. The van der Waals surface area contributed by atoms with Crippen LogP contribution in [0.1, 0.15) is 52.9 Å². The van der Waals surface area contributed by atoms with Gasteiger partial charge in [-0.15, -0.1) is 0 Å². The Morgan fingerprint density at radius 2 is 2.05 bits per heavy atom. The summed E-state index contributed by atoms with van der Waals surface area (Å²) in [6, 6.07) is 0. The fourth-order valence-corrected chi connectivity index (χ4v) is 3.40. The van der Waals surface area contributed by atoms with E-state index in [9.17, 15) is 9.59 Å². The van der Waals surface area contributed by atoms with Crippen LogP contribution in [0.15, 0.2) is 11.6 Å². The van der Waals surface area contributed by atoms with Crippen LogP contribution in [0, 0.1) is 0 Å². The Hall–Kier alpha value is -1.16. The Kier molecular flexibility index (Phi) is 2.50. The summed E-state index contributed by atoms with van der Waals surface area (Å²) in [5, 5.41) is 0. The summed E-state index contributed by atoms with van der Waals surface area (Å²) >= 11 is 0. The molecule has 1 saturated heterocycles. The molecule has 3 rings (SSSR count). The molecule has 1 spiro atoms. The molecular formula is C15H20O4. The van der Waals surface area contributed by atoms with E-state index >= 15 is 0 Å². The topological polar surface area (TPSA) is 52.6 Å². The standard InChI is InChI=1S/C15H20O4/c1-13(2,3)18-12(17)15-9-10-5-4-7-14(10,19-15)8-6-11(15)16/h9H,4-8H2,1-3H3/t14-,15-/m1/s1. The highest BCUT2D eigenvalue weighted by molar-refractivity contribution is 6.11. The molecule has 2 atom stereocenters. The van der Waals surface area contributed by atoms with Gasteiger partial charge in [0.05, 0.1) is 5.60 Å². The number of hydrogen-bond donors (Lipinski definition) is 0. The molecule has 2 fully saturated rings. The minimum atomic E-state index is -1.46. The average Bonchev–Trinajstić information content (AvgIpc) is 2.74. The van der Waals surface area contributed by atoms with Gasteiger partial charge in [-0.25, -0.2) is 4.79 Å². The zero-order valence-electron chi connectivity index (χ0n) is 11.7. The van der Waals surface area contributed by atoms with Crippen LogP contribution in [0.25, 0.3) is 0 Å². The smallest absolute Gasteiger partial charge is 0.350 e. The number of carbonyl (C=O) groups is 2. The van der Waals surface area contributed by atoms with Crippen molar-refractivity contribution in [1.29, 1.82) is 0 Å². The number of fused-ring (bicyclic) bond motifs is 1. The summed E-state index contributed by atoms with van der Waals surface area (Å²) in [6.45, 7) is 5.40. The first-order chi connectivity index (χ1) is 8.78. The molecule has 3 aliphatic rings. The third kappa shape index (κ3) is 1.76. The van der Waals surface area contributed by atoms with Gasteiger partial charge in [-0.1, -0.05) is 0 Å². The predicted molar refractivity (Wildman–Crippen MR) is 68.6 cm³/mol. The van der Waals surface area contributed by atoms with Crippen LogP contribution >= 0.6 is 0 Å². The van der Waals surface area contributed by atoms with Gasteiger partial charge in [0.25, 0.3) is 0 Å². The lowest BCUT2D eigenvalue weighted by Crippen LogP contribution is -2.54. The van der Waals surface area contributed by atoms with Gasteiger partial charge in [-0.05, 0) is 58.1 Å². The Balaban J connectivity index is 1.97. The minimum absolute atomic E-state index is 0.158. The molecule has 0 aromatic heterocycles. The van der Waals surface area contributed by atoms with Crippen LogP contribution in [0.5, 0.6) is 0 Å². The van der Waals surface area contributed by atoms with Crippen molar-refractivity contribution in [3.05, 3.63) is 11.6 Å². The third-order valence-electron chi connectivity index (χ3n) is 4.22. The summed E-state index contributed by atoms with van der Waals surface area (Å²) in [4.78, 5) is 24.7. The van der Waals surface area contributed by atoms with E-state index in [0.29, 0.717) is 12.8 Å². The summed E-state index contributed by atoms with van der Waals surface area (Å²) in [5.74, 6) is -0.708. The zero-order valence-corrected chi connectivity index (χ0v) is 11.7. The molecule has 4 heteroatoms. The molecule has 19 heavy (non-hydrogen) atoms. The molecule has 104 valence electrons. The number of hydrogen-bond acceptors (Lipinski definition) is 4. The maximum absolute atomic E-state index is 12.4. The van der Waals surface area contributed by atoms with Crippen molar-refractivity contribution >= 4 is 11.8 Å². The van der Waals surface area contributed by atoms with Gasteiger partial charge in [0.2, 0.25) is 5.60 Å². The molecule has 0 radical (unpaired) electrons. The van der Waals surface area contributed by atoms with Crippen molar-refractivity contribution in [2.75, 3.05) is 0 Å². The molecule has 0 aromatic rings. The molecule has 0 aromatic carbocycles. The molecular weight excluding hydrogens is 244 g/mol. The van der Waals surface area contributed by atoms with Crippen LogP contribution < -0.4 is 0 Å². The average molecular weight is 264 g/mol. The van der Waals surface area contributed by atoms with Crippen LogP contribution in [0.2, 0.25) is 0 Å². The number of esters is 1. The Bertz CT molecular complexity index is 485. The molecule has 4 nitrogen and oxygen atoms in total. The van der Waals surface area contributed by atoms with E-state index in [4.69, 9.17) is 9.47 Å². The molecule has 2 bridgehead atoms. The van der Waals surface area contributed by atoms with Crippen molar-refractivity contribution in [1.82, 2.24) is 0 Å². The van der Waals surface area contributed by atoms with Gasteiger partial charge >= 0.3 is 5.97 Å². The van der Waals surface area contributed by atoms with Crippen molar-refractivity contribution in [3.8, 4) is 0 Å². The second kappa shape index (κ2) is 3.69. The van der Waals surface area contributed by atoms with Crippen LogP contribution in [0.3, 0.4) is 0 Å². The predicted octanol–water partition coefficient (Wildman–Crippen LogP) is 2.31. The van der Waals surface area contributed by atoms with E-state index in [2.05, 4.69) is 0 Å². The number of ketones is 1. The SMILES string of the molecule is CC(C)(C)OC(=O)[C@@]12C=C3CCC[C@]3(CCC1=O)O2. The highest BCUT2D eigenvalue weighted by Gasteiger charge is 2.63. The first kappa shape index (κ1) is 12.9. The quantitative estimate of drug-likeness (QED) is 0.414. The van der Waals surface area contributed by atoms with Gasteiger partial charge in [0.15, 0.2) is 5.78 Å². The number of ether oxygens (including phenoxy) is 2.